The summed E-state index contributed by atoms with van der Waals surface area (Å²) in [6, 6.07) is 0. The van der Waals surface area contributed by atoms with E-state index in [2.05, 4.69) is 39.5 Å². The third kappa shape index (κ3) is 2.21. The van der Waals surface area contributed by atoms with Gasteiger partial charge in [-0.2, -0.15) is 0 Å². The average molecular weight is 150 g/mol. The Labute approximate surface area is 70.0 Å². The Morgan fingerprint density at radius 1 is 1.55 bits per heavy atom. The summed E-state index contributed by atoms with van der Waals surface area (Å²) < 4.78 is 0. The minimum absolute atomic E-state index is 0.423. The Bertz CT molecular complexity index is 184. The summed E-state index contributed by atoms with van der Waals surface area (Å²) in [5.41, 5.74) is 1.73. The van der Waals surface area contributed by atoms with E-state index in [4.69, 9.17) is 0 Å². The zero-order valence-corrected chi connectivity index (χ0v) is 7.85. The molecular weight excluding hydrogens is 132 g/mol. The van der Waals surface area contributed by atoms with Gasteiger partial charge in [0.25, 0.3) is 0 Å². The van der Waals surface area contributed by atoms with Crippen LogP contribution in [0.3, 0.4) is 0 Å². The number of allylic oxidation sites excluding steroid dienone is 3. The van der Waals surface area contributed by atoms with Gasteiger partial charge in [0, 0.05) is 0 Å². The number of hydrogen-bond donors (Lipinski definition) is 0. The molecule has 1 rings (SSSR count). The van der Waals surface area contributed by atoms with E-state index in [1.807, 2.05) is 0 Å². The number of hydrogen-bond acceptors (Lipinski definition) is 0. The van der Waals surface area contributed by atoms with E-state index in [9.17, 15) is 0 Å². The first-order valence-electron chi connectivity index (χ1n) is 4.36. The van der Waals surface area contributed by atoms with Gasteiger partial charge in [-0.3, -0.25) is 0 Å². The average Bonchev–Trinajstić information content (AvgIpc) is 1.86. The molecule has 0 aromatic rings. The Morgan fingerprint density at radius 3 is 2.55 bits per heavy atom. The van der Waals surface area contributed by atoms with Crippen LogP contribution in [0, 0.1) is 11.3 Å². The van der Waals surface area contributed by atoms with Gasteiger partial charge in [-0.25, -0.2) is 0 Å². The van der Waals surface area contributed by atoms with Crippen LogP contribution < -0.4 is 0 Å². The molecule has 0 spiro atoms. The topological polar surface area (TPSA) is 0 Å². The molecule has 0 bridgehead atoms. The van der Waals surface area contributed by atoms with Crippen molar-refractivity contribution in [3.63, 3.8) is 0 Å². The molecule has 11 heavy (non-hydrogen) atoms. The Balaban J connectivity index is 2.63. The maximum atomic E-state index is 3.98. The molecule has 0 heterocycles. The molecule has 62 valence electrons. The maximum Gasteiger partial charge on any atom is -0.00282 e. The smallest absolute Gasteiger partial charge is 0.00282 e. The van der Waals surface area contributed by atoms with Crippen LogP contribution in [-0.4, -0.2) is 0 Å². The van der Waals surface area contributed by atoms with Crippen LogP contribution in [0.15, 0.2) is 24.3 Å². The molecule has 0 saturated carbocycles. The highest BCUT2D eigenvalue weighted by atomic mass is 14.3. The van der Waals surface area contributed by atoms with Crippen LogP contribution >= 0.6 is 0 Å². The fourth-order valence-electron chi connectivity index (χ4n) is 1.49. The monoisotopic (exact) mass is 150 g/mol. The summed E-state index contributed by atoms with van der Waals surface area (Å²) in [7, 11) is 0. The molecule has 0 radical (unpaired) electrons. The summed E-state index contributed by atoms with van der Waals surface area (Å²) in [5.74, 6) is 0.642. The van der Waals surface area contributed by atoms with Crippen LogP contribution in [0.5, 0.6) is 0 Å². The van der Waals surface area contributed by atoms with Crippen molar-refractivity contribution in [2.45, 2.75) is 33.6 Å². The van der Waals surface area contributed by atoms with Crippen LogP contribution in [0.4, 0.5) is 0 Å². The highest BCUT2D eigenvalue weighted by Gasteiger charge is 2.21. The Hall–Kier alpha value is -0.520. The van der Waals surface area contributed by atoms with Gasteiger partial charge in [0.15, 0.2) is 0 Å². The van der Waals surface area contributed by atoms with E-state index < -0.39 is 0 Å². The van der Waals surface area contributed by atoms with Gasteiger partial charge in [0.05, 0.1) is 0 Å². The molecule has 0 heteroatoms. The fraction of sp³-hybridized carbons (Fsp3) is 0.636. The first-order chi connectivity index (χ1) is 5.01. The Morgan fingerprint density at radius 2 is 2.18 bits per heavy atom. The highest BCUT2D eigenvalue weighted by Crippen LogP contribution is 2.34. The van der Waals surface area contributed by atoms with Crippen molar-refractivity contribution in [2.24, 2.45) is 11.3 Å². The van der Waals surface area contributed by atoms with Crippen molar-refractivity contribution < 1.29 is 0 Å². The molecule has 0 aromatic heterocycles. The predicted octanol–water partition coefficient (Wildman–Crippen LogP) is 3.55. The normalized spacial score (nSPS) is 28.5. The number of rotatable bonds is 1. The summed E-state index contributed by atoms with van der Waals surface area (Å²) in [6.45, 7) is 10.7. The molecule has 0 N–H and O–H groups in total. The minimum atomic E-state index is 0.423. The lowest BCUT2D eigenvalue weighted by Crippen LogP contribution is -2.15. The molecule has 0 aliphatic heterocycles. The van der Waals surface area contributed by atoms with E-state index in [0.717, 1.165) is 0 Å². The first kappa shape index (κ1) is 8.58. The van der Waals surface area contributed by atoms with E-state index >= 15 is 0 Å². The van der Waals surface area contributed by atoms with E-state index in [1.165, 1.54) is 18.4 Å². The van der Waals surface area contributed by atoms with E-state index in [1.54, 1.807) is 0 Å². The second-order valence-corrected chi connectivity index (χ2v) is 4.34. The van der Waals surface area contributed by atoms with Crippen molar-refractivity contribution in [3.8, 4) is 0 Å². The van der Waals surface area contributed by atoms with Gasteiger partial charge < -0.3 is 0 Å². The largest absolute Gasteiger partial charge is 0.0995 e. The van der Waals surface area contributed by atoms with Crippen molar-refractivity contribution >= 4 is 0 Å². The van der Waals surface area contributed by atoms with Crippen molar-refractivity contribution in [1.29, 1.82) is 0 Å². The third-order valence-electron chi connectivity index (χ3n) is 2.51. The van der Waals surface area contributed by atoms with Gasteiger partial charge in [-0.15, -0.1) is 0 Å². The van der Waals surface area contributed by atoms with E-state index in [-0.39, 0.29) is 0 Å². The predicted molar refractivity (Wildman–Crippen MR) is 50.5 cm³/mol. The van der Waals surface area contributed by atoms with Crippen molar-refractivity contribution in [2.75, 3.05) is 0 Å². The fourth-order valence-corrected chi connectivity index (χ4v) is 1.49. The van der Waals surface area contributed by atoms with Gasteiger partial charge >= 0.3 is 0 Å². The molecule has 0 amide bonds. The van der Waals surface area contributed by atoms with Crippen molar-refractivity contribution in [1.82, 2.24) is 0 Å². The zero-order valence-electron chi connectivity index (χ0n) is 7.85. The molecule has 0 nitrogen and oxygen atoms in total. The lowest BCUT2D eigenvalue weighted by Gasteiger charge is -2.28. The summed E-state index contributed by atoms with van der Waals surface area (Å²) in [4.78, 5) is 0. The molecule has 1 aliphatic carbocycles. The summed E-state index contributed by atoms with van der Waals surface area (Å²) in [6.07, 6.45) is 7.21. The van der Waals surface area contributed by atoms with Crippen LogP contribution in [0.25, 0.3) is 0 Å². The lowest BCUT2D eigenvalue weighted by molar-refractivity contribution is 0.376. The van der Waals surface area contributed by atoms with Gasteiger partial charge in [0.1, 0.15) is 0 Å². The molecule has 0 fully saturated rings. The lowest BCUT2D eigenvalue weighted by atomic mass is 9.77. The highest BCUT2D eigenvalue weighted by molar-refractivity contribution is 5.13. The molecule has 1 atom stereocenters. The molecule has 1 aliphatic rings. The standard InChI is InChI=1S/C11H18/c1-9(2)10-5-7-11(3,4)8-6-10/h5,7,10H,1,6,8H2,2-4H3/t10-/m0/s1. The van der Waals surface area contributed by atoms with Crippen LogP contribution in [0.2, 0.25) is 0 Å². The van der Waals surface area contributed by atoms with Gasteiger partial charge in [0.2, 0.25) is 0 Å². The molecule has 0 unspecified atom stereocenters. The Kier molecular flexibility index (Phi) is 2.22. The second-order valence-electron chi connectivity index (χ2n) is 4.34. The van der Waals surface area contributed by atoms with Gasteiger partial charge in [-0.05, 0) is 31.1 Å². The van der Waals surface area contributed by atoms with Crippen LogP contribution in [-0.2, 0) is 0 Å². The SMILES string of the molecule is C=C(C)[C@H]1C=CC(C)(C)CC1. The molecule has 0 saturated heterocycles. The van der Waals surface area contributed by atoms with Gasteiger partial charge in [-0.1, -0.05) is 38.2 Å². The second kappa shape index (κ2) is 2.84. The van der Waals surface area contributed by atoms with Crippen LogP contribution in [0.1, 0.15) is 33.6 Å². The maximum absolute atomic E-state index is 3.98. The molecule has 0 aromatic carbocycles. The van der Waals surface area contributed by atoms with E-state index in [0.29, 0.717) is 11.3 Å². The van der Waals surface area contributed by atoms with Crippen molar-refractivity contribution in [3.05, 3.63) is 24.3 Å². The summed E-state index contributed by atoms with van der Waals surface area (Å²) >= 11 is 0. The zero-order chi connectivity index (χ0) is 8.48. The third-order valence-corrected chi connectivity index (χ3v) is 2.51. The summed E-state index contributed by atoms with van der Waals surface area (Å²) in [5, 5.41) is 0. The quantitative estimate of drug-likeness (QED) is 0.501. The first-order valence-corrected chi connectivity index (χ1v) is 4.36. The molecular formula is C11H18. The minimum Gasteiger partial charge on any atom is -0.0995 e.